The Balaban J connectivity index is 1.89. The lowest BCUT2D eigenvalue weighted by atomic mass is 10.0. The van der Waals surface area contributed by atoms with Crippen molar-refractivity contribution in [3.63, 3.8) is 0 Å². The van der Waals surface area contributed by atoms with Crippen LogP contribution in [-0.2, 0) is 9.59 Å². The summed E-state index contributed by atoms with van der Waals surface area (Å²) < 4.78 is 10.7. The first-order valence-electron chi connectivity index (χ1n) is 9.52. The van der Waals surface area contributed by atoms with Crippen LogP contribution in [0.5, 0.6) is 5.75 Å². The third kappa shape index (κ3) is 6.49. The van der Waals surface area contributed by atoms with E-state index >= 15 is 0 Å². The maximum absolute atomic E-state index is 12.4. The number of nitrogens with zero attached hydrogens (tertiary/aromatic N) is 1. The second-order valence-corrected chi connectivity index (χ2v) is 6.66. The van der Waals surface area contributed by atoms with Crippen LogP contribution in [-0.4, -0.2) is 48.8 Å². The average Bonchev–Trinajstić information content (AvgIpc) is 3.16. The zero-order chi connectivity index (χ0) is 21.2. The number of hydrogen-bond acceptors (Lipinski definition) is 6. The molecule has 3 N–H and O–H groups in total. The van der Waals surface area contributed by atoms with E-state index in [1.807, 2.05) is 6.92 Å². The van der Waals surface area contributed by atoms with Crippen LogP contribution in [0.15, 0.2) is 28.7 Å². The molecule has 0 spiro atoms. The summed E-state index contributed by atoms with van der Waals surface area (Å²) in [4.78, 5) is 35.3. The van der Waals surface area contributed by atoms with E-state index in [4.69, 9.17) is 9.15 Å². The van der Waals surface area contributed by atoms with Gasteiger partial charge in [0, 0.05) is 5.39 Å². The molecule has 0 saturated carbocycles. The first-order chi connectivity index (χ1) is 14.0. The lowest BCUT2D eigenvalue weighted by Gasteiger charge is -2.19. The fourth-order valence-electron chi connectivity index (χ4n) is 2.92. The molecule has 0 unspecified atom stereocenters. The molecule has 0 saturated heterocycles. The van der Waals surface area contributed by atoms with Crippen molar-refractivity contribution < 1.29 is 28.7 Å². The first-order valence-corrected chi connectivity index (χ1v) is 9.52. The number of methoxy groups -OCH3 is 1. The quantitative estimate of drug-likeness (QED) is 0.164. The normalized spacial score (nSPS) is 11.7. The highest BCUT2D eigenvalue weighted by Gasteiger charge is 2.21. The Bertz CT molecular complexity index is 835. The van der Waals surface area contributed by atoms with E-state index in [9.17, 15) is 19.6 Å². The standard InChI is InChI=1S/C20H27N3O6/c1-3-4-5-6-14(11-23(27)13-24)19(25)21-12-22-20(26)18-10-15-9-16(28-2)7-8-17(15)29-18/h7-10,13-14,27H,3-6,11-12H2,1-2H3,(H,21,25)(H,22,26)/t14-/m0/s1. The van der Waals surface area contributed by atoms with Crippen molar-refractivity contribution in [3.05, 3.63) is 30.0 Å². The molecule has 1 aromatic heterocycles. The summed E-state index contributed by atoms with van der Waals surface area (Å²) in [6.45, 7) is 1.84. The molecule has 0 aliphatic heterocycles. The predicted octanol–water partition coefficient (Wildman–Crippen LogP) is 2.29. The van der Waals surface area contributed by atoms with Gasteiger partial charge in [0.2, 0.25) is 12.3 Å². The minimum atomic E-state index is -0.563. The second kappa shape index (κ2) is 11.1. The Hall–Kier alpha value is -3.07. The molecule has 0 bridgehead atoms. The van der Waals surface area contributed by atoms with Gasteiger partial charge in [-0.3, -0.25) is 19.6 Å². The van der Waals surface area contributed by atoms with Crippen molar-refractivity contribution in [2.24, 2.45) is 5.92 Å². The maximum Gasteiger partial charge on any atom is 0.288 e. The monoisotopic (exact) mass is 405 g/mol. The van der Waals surface area contributed by atoms with Crippen LogP contribution in [0.25, 0.3) is 11.0 Å². The van der Waals surface area contributed by atoms with E-state index in [-0.39, 0.29) is 31.3 Å². The lowest BCUT2D eigenvalue weighted by Crippen LogP contribution is -2.42. The topological polar surface area (TPSA) is 121 Å². The highest BCUT2D eigenvalue weighted by atomic mass is 16.5. The largest absolute Gasteiger partial charge is 0.497 e. The van der Waals surface area contributed by atoms with Gasteiger partial charge in [-0.1, -0.05) is 26.2 Å². The smallest absolute Gasteiger partial charge is 0.288 e. The third-order valence-electron chi connectivity index (χ3n) is 4.51. The van der Waals surface area contributed by atoms with E-state index in [1.54, 1.807) is 31.4 Å². The van der Waals surface area contributed by atoms with Gasteiger partial charge in [0.05, 0.1) is 26.2 Å². The highest BCUT2D eigenvalue weighted by Crippen LogP contribution is 2.24. The van der Waals surface area contributed by atoms with Gasteiger partial charge in [-0.25, -0.2) is 5.06 Å². The van der Waals surface area contributed by atoms with Crippen LogP contribution in [0.3, 0.4) is 0 Å². The lowest BCUT2D eigenvalue weighted by molar-refractivity contribution is -0.154. The number of carbonyl (C=O) groups is 3. The number of hydrogen-bond donors (Lipinski definition) is 3. The number of rotatable bonds is 12. The minimum absolute atomic E-state index is 0.0988. The number of unbranched alkanes of at least 4 members (excludes halogenated alkanes) is 2. The fourth-order valence-corrected chi connectivity index (χ4v) is 2.92. The van der Waals surface area contributed by atoms with Crippen LogP contribution in [0, 0.1) is 5.92 Å². The average molecular weight is 405 g/mol. The molecular weight excluding hydrogens is 378 g/mol. The van der Waals surface area contributed by atoms with Crippen LogP contribution in [0.2, 0.25) is 0 Å². The van der Waals surface area contributed by atoms with Crippen molar-refractivity contribution >= 4 is 29.2 Å². The molecule has 1 aromatic carbocycles. The summed E-state index contributed by atoms with van der Waals surface area (Å²) in [5, 5.41) is 15.8. The number of nitrogens with one attached hydrogen (secondary N) is 2. The molecule has 1 atom stereocenters. The summed E-state index contributed by atoms with van der Waals surface area (Å²) in [6, 6.07) is 6.79. The Labute approximate surface area is 168 Å². The van der Waals surface area contributed by atoms with Gasteiger partial charge in [0.1, 0.15) is 11.3 Å². The van der Waals surface area contributed by atoms with Crippen molar-refractivity contribution in [1.82, 2.24) is 15.7 Å². The SMILES string of the molecule is CCCCC[C@@H](CN(O)C=O)C(=O)NCNC(=O)c1cc2cc(OC)ccc2o1. The molecule has 2 aromatic rings. The maximum atomic E-state index is 12.4. The predicted molar refractivity (Wildman–Crippen MR) is 105 cm³/mol. The molecule has 0 aliphatic rings. The second-order valence-electron chi connectivity index (χ2n) is 6.66. The fraction of sp³-hybridized carbons (Fsp3) is 0.450. The van der Waals surface area contributed by atoms with Gasteiger partial charge in [0.15, 0.2) is 5.76 Å². The van der Waals surface area contributed by atoms with E-state index in [0.717, 1.165) is 24.6 Å². The molecule has 1 heterocycles. The van der Waals surface area contributed by atoms with Gasteiger partial charge in [-0.2, -0.15) is 0 Å². The van der Waals surface area contributed by atoms with Crippen LogP contribution >= 0.6 is 0 Å². The van der Waals surface area contributed by atoms with Crippen LogP contribution in [0.1, 0.15) is 43.2 Å². The molecule has 0 aliphatic carbocycles. The zero-order valence-corrected chi connectivity index (χ0v) is 16.6. The molecule has 158 valence electrons. The molecule has 9 nitrogen and oxygen atoms in total. The molecule has 0 fully saturated rings. The Morgan fingerprint density at radius 1 is 1.28 bits per heavy atom. The first kappa shape index (κ1) is 22.2. The van der Waals surface area contributed by atoms with Gasteiger partial charge in [-0.05, 0) is 30.7 Å². The number of hydroxylamine groups is 2. The van der Waals surface area contributed by atoms with Gasteiger partial charge < -0.3 is 19.8 Å². The Morgan fingerprint density at radius 2 is 2.07 bits per heavy atom. The van der Waals surface area contributed by atoms with Crippen LogP contribution in [0.4, 0.5) is 0 Å². The molecule has 9 heteroatoms. The van der Waals surface area contributed by atoms with E-state index in [2.05, 4.69) is 10.6 Å². The minimum Gasteiger partial charge on any atom is -0.497 e. The molecule has 0 radical (unpaired) electrons. The molecule has 29 heavy (non-hydrogen) atoms. The van der Waals surface area contributed by atoms with Gasteiger partial charge in [-0.15, -0.1) is 0 Å². The highest BCUT2D eigenvalue weighted by molar-refractivity contribution is 5.96. The number of ether oxygens (including phenoxy) is 1. The number of amides is 3. The van der Waals surface area contributed by atoms with Crippen LogP contribution < -0.4 is 15.4 Å². The summed E-state index contributed by atoms with van der Waals surface area (Å²) in [5.41, 5.74) is 0.549. The van der Waals surface area contributed by atoms with Crippen molar-refractivity contribution in [1.29, 1.82) is 0 Å². The zero-order valence-electron chi connectivity index (χ0n) is 16.6. The van der Waals surface area contributed by atoms with Crippen molar-refractivity contribution in [2.75, 3.05) is 20.3 Å². The van der Waals surface area contributed by atoms with E-state index in [1.165, 1.54) is 0 Å². The summed E-state index contributed by atoms with van der Waals surface area (Å²) >= 11 is 0. The van der Waals surface area contributed by atoms with Crippen molar-refractivity contribution in [2.45, 2.75) is 32.6 Å². The number of fused-ring (bicyclic) bond motifs is 1. The van der Waals surface area contributed by atoms with E-state index < -0.39 is 11.8 Å². The van der Waals surface area contributed by atoms with Crippen molar-refractivity contribution in [3.8, 4) is 5.75 Å². The Morgan fingerprint density at radius 3 is 2.76 bits per heavy atom. The van der Waals surface area contributed by atoms with Gasteiger partial charge >= 0.3 is 0 Å². The molecular formula is C20H27N3O6. The number of benzene rings is 1. The molecule has 3 amide bonds. The third-order valence-corrected chi connectivity index (χ3v) is 4.51. The van der Waals surface area contributed by atoms with E-state index in [0.29, 0.717) is 22.8 Å². The number of furan rings is 1. The summed E-state index contributed by atoms with van der Waals surface area (Å²) in [6.07, 6.45) is 3.53. The number of carbonyl (C=O) groups excluding carboxylic acids is 3. The Kier molecular flexibility index (Phi) is 8.47. The summed E-state index contributed by atoms with van der Waals surface area (Å²) in [7, 11) is 1.55. The summed E-state index contributed by atoms with van der Waals surface area (Å²) in [5.74, 6) is -0.618. The molecule has 2 rings (SSSR count). The van der Waals surface area contributed by atoms with Gasteiger partial charge in [0.25, 0.3) is 5.91 Å².